The molecule has 110 valence electrons. The number of aromatic nitrogens is 3. The van der Waals surface area contributed by atoms with E-state index in [0.29, 0.717) is 11.5 Å². The van der Waals surface area contributed by atoms with E-state index < -0.39 is 0 Å². The van der Waals surface area contributed by atoms with Gasteiger partial charge in [0.05, 0.1) is 5.69 Å². The maximum absolute atomic E-state index is 9.33. The molecule has 2 aromatic rings. The number of nitriles is 1. The van der Waals surface area contributed by atoms with Crippen molar-refractivity contribution in [2.75, 3.05) is 18.0 Å². The molecule has 0 aliphatic carbocycles. The minimum atomic E-state index is 0.387. The van der Waals surface area contributed by atoms with Gasteiger partial charge in [-0.15, -0.1) is 15.0 Å². The van der Waals surface area contributed by atoms with Gasteiger partial charge in [-0.2, -0.15) is 5.26 Å². The zero-order valence-corrected chi connectivity index (χ0v) is 12.9. The summed E-state index contributed by atoms with van der Waals surface area (Å²) < 4.78 is 0. The number of aryl methyl sites for hydroxylation is 1. The SMILES string of the molecule is CCCN(CCC)c1nn(-c2cccc(C)c2)nc1C#N. The fourth-order valence-electron chi connectivity index (χ4n) is 2.32. The molecule has 0 saturated heterocycles. The van der Waals surface area contributed by atoms with Gasteiger partial charge >= 0.3 is 0 Å². The molecule has 21 heavy (non-hydrogen) atoms. The Balaban J connectivity index is 2.41. The van der Waals surface area contributed by atoms with Gasteiger partial charge in [0, 0.05) is 13.1 Å². The second kappa shape index (κ2) is 6.89. The van der Waals surface area contributed by atoms with Gasteiger partial charge in [-0.3, -0.25) is 0 Å². The van der Waals surface area contributed by atoms with Gasteiger partial charge in [0.1, 0.15) is 6.07 Å². The predicted octanol–water partition coefficient (Wildman–Crippen LogP) is 3.07. The minimum Gasteiger partial charge on any atom is -0.353 e. The van der Waals surface area contributed by atoms with Gasteiger partial charge < -0.3 is 4.90 Å². The van der Waals surface area contributed by atoms with E-state index in [1.54, 1.807) is 4.80 Å². The van der Waals surface area contributed by atoms with Gasteiger partial charge in [0.25, 0.3) is 0 Å². The van der Waals surface area contributed by atoms with Crippen molar-refractivity contribution in [3.63, 3.8) is 0 Å². The number of benzene rings is 1. The first-order valence-electron chi connectivity index (χ1n) is 7.39. The van der Waals surface area contributed by atoms with Crippen LogP contribution in [0.5, 0.6) is 0 Å². The van der Waals surface area contributed by atoms with E-state index in [9.17, 15) is 5.26 Å². The Morgan fingerprint density at radius 2 is 1.90 bits per heavy atom. The quantitative estimate of drug-likeness (QED) is 0.817. The lowest BCUT2D eigenvalue weighted by molar-refractivity contribution is 0.708. The van der Waals surface area contributed by atoms with Gasteiger partial charge in [0.2, 0.25) is 5.69 Å². The summed E-state index contributed by atoms with van der Waals surface area (Å²) >= 11 is 0. The highest BCUT2D eigenvalue weighted by Gasteiger charge is 2.17. The summed E-state index contributed by atoms with van der Waals surface area (Å²) in [6.45, 7) is 8.04. The number of hydrogen-bond acceptors (Lipinski definition) is 4. The van der Waals surface area contributed by atoms with Crippen molar-refractivity contribution in [1.29, 1.82) is 5.26 Å². The molecule has 0 spiro atoms. The van der Waals surface area contributed by atoms with E-state index in [1.807, 2.05) is 31.2 Å². The first-order valence-corrected chi connectivity index (χ1v) is 7.39. The lowest BCUT2D eigenvalue weighted by Crippen LogP contribution is -2.26. The number of hydrogen-bond donors (Lipinski definition) is 0. The van der Waals surface area contributed by atoms with Crippen LogP contribution >= 0.6 is 0 Å². The normalized spacial score (nSPS) is 10.4. The molecule has 0 unspecified atom stereocenters. The average Bonchev–Trinajstić information content (AvgIpc) is 2.91. The van der Waals surface area contributed by atoms with Crippen LogP contribution in [0.2, 0.25) is 0 Å². The van der Waals surface area contributed by atoms with Crippen LogP contribution in [-0.2, 0) is 0 Å². The predicted molar refractivity (Wildman–Crippen MR) is 83.6 cm³/mol. The standard InChI is InChI=1S/C16H21N5/c1-4-9-20(10-5-2)16-15(12-17)18-21(19-16)14-8-6-7-13(3)11-14/h6-8,11H,4-5,9-10H2,1-3H3. The summed E-state index contributed by atoms with van der Waals surface area (Å²) in [7, 11) is 0. The zero-order chi connectivity index (χ0) is 15.2. The van der Waals surface area contributed by atoms with Crippen LogP contribution in [0.25, 0.3) is 5.69 Å². The lowest BCUT2D eigenvalue weighted by Gasteiger charge is -2.20. The zero-order valence-electron chi connectivity index (χ0n) is 12.9. The van der Waals surface area contributed by atoms with E-state index in [0.717, 1.165) is 37.2 Å². The van der Waals surface area contributed by atoms with Gasteiger partial charge in [0.15, 0.2) is 5.82 Å². The first kappa shape index (κ1) is 15.0. The monoisotopic (exact) mass is 283 g/mol. The van der Waals surface area contributed by atoms with Gasteiger partial charge in [-0.05, 0) is 37.5 Å². The van der Waals surface area contributed by atoms with Crippen molar-refractivity contribution < 1.29 is 0 Å². The fraction of sp³-hybridized carbons (Fsp3) is 0.438. The molecular weight excluding hydrogens is 262 g/mol. The fourth-order valence-corrected chi connectivity index (χ4v) is 2.32. The Labute approximate surface area is 125 Å². The summed E-state index contributed by atoms with van der Waals surface area (Å²) in [4.78, 5) is 3.69. The lowest BCUT2D eigenvalue weighted by atomic mass is 10.2. The Bertz CT molecular complexity index is 632. The highest BCUT2D eigenvalue weighted by molar-refractivity contribution is 5.50. The number of anilines is 1. The molecule has 2 rings (SSSR count). The van der Waals surface area contributed by atoms with Crippen molar-refractivity contribution in [1.82, 2.24) is 15.0 Å². The number of rotatable bonds is 6. The smallest absolute Gasteiger partial charge is 0.207 e. The molecular formula is C16H21N5. The van der Waals surface area contributed by atoms with Crippen LogP contribution in [-0.4, -0.2) is 28.1 Å². The molecule has 0 aliphatic heterocycles. The highest BCUT2D eigenvalue weighted by atomic mass is 15.5. The summed E-state index contributed by atoms with van der Waals surface area (Å²) in [5.41, 5.74) is 2.41. The molecule has 0 aliphatic rings. The topological polar surface area (TPSA) is 57.7 Å². The number of nitrogens with zero attached hydrogens (tertiary/aromatic N) is 5. The summed E-state index contributed by atoms with van der Waals surface area (Å²) in [6.07, 6.45) is 2.03. The van der Waals surface area contributed by atoms with Gasteiger partial charge in [-0.1, -0.05) is 26.0 Å². The van der Waals surface area contributed by atoms with Crippen molar-refractivity contribution >= 4 is 5.82 Å². The van der Waals surface area contributed by atoms with E-state index in [-0.39, 0.29) is 0 Å². The first-order chi connectivity index (χ1) is 10.2. The van der Waals surface area contributed by atoms with Crippen LogP contribution in [0.4, 0.5) is 5.82 Å². The third-order valence-corrected chi connectivity index (χ3v) is 3.22. The summed E-state index contributed by atoms with van der Waals surface area (Å²) in [5, 5.41) is 18.2. The molecule has 0 amide bonds. The average molecular weight is 283 g/mol. The van der Waals surface area contributed by atoms with Crippen LogP contribution in [0.15, 0.2) is 24.3 Å². The van der Waals surface area contributed by atoms with E-state index in [4.69, 9.17) is 0 Å². The van der Waals surface area contributed by atoms with Crippen molar-refractivity contribution in [3.8, 4) is 11.8 Å². The minimum absolute atomic E-state index is 0.387. The van der Waals surface area contributed by atoms with Crippen LogP contribution in [0.1, 0.15) is 37.9 Å². The van der Waals surface area contributed by atoms with Crippen LogP contribution in [0, 0.1) is 18.3 Å². The maximum atomic E-state index is 9.33. The second-order valence-corrected chi connectivity index (χ2v) is 5.10. The van der Waals surface area contributed by atoms with Crippen molar-refractivity contribution in [2.45, 2.75) is 33.6 Å². The third-order valence-electron chi connectivity index (χ3n) is 3.22. The summed E-state index contributed by atoms with van der Waals surface area (Å²) in [6, 6.07) is 10.1. The van der Waals surface area contributed by atoms with E-state index >= 15 is 0 Å². The molecule has 0 fully saturated rings. The summed E-state index contributed by atoms with van der Waals surface area (Å²) in [5.74, 6) is 0.683. The van der Waals surface area contributed by atoms with Crippen LogP contribution < -0.4 is 4.90 Å². The third kappa shape index (κ3) is 3.40. The molecule has 0 atom stereocenters. The van der Waals surface area contributed by atoms with Crippen LogP contribution in [0.3, 0.4) is 0 Å². The molecule has 1 aromatic carbocycles. The molecule has 5 nitrogen and oxygen atoms in total. The maximum Gasteiger partial charge on any atom is 0.207 e. The molecule has 0 radical (unpaired) electrons. The van der Waals surface area contributed by atoms with Crippen molar-refractivity contribution in [3.05, 3.63) is 35.5 Å². The molecule has 0 saturated carbocycles. The Hall–Kier alpha value is -2.35. The van der Waals surface area contributed by atoms with Gasteiger partial charge in [-0.25, -0.2) is 0 Å². The molecule has 0 bridgehead atoms. The Morgan fingerprint density at radius 3 is 2.48 bits per heavy atom. The Morgan fingerprint density at radius 1 is 1.19 bits per heavy atom. The molecule has 1 heterocycles. The van der Waals surface area contributed by atoms with Crippen molar-refractivity contribution in [2.24, 2.45) is 0 Å². The van der Waals surface area contributed by atoms with E-state index in [1.165, 1.54) is 0 Å². The molecule has 0 N–H and O–H groups in total. The largest absolute Gasteiger partial charge is 0.353 e. The molecule has 5 heteroatoms. The highest BCUT2D eigenvalue weighted by Crippen LogP contribution is 2.18. The second-order valence-electron chi connectivity index (χ2n) is 5.10. The Kier molecular flexibility index (Phi) is 4.94. The van der Waals surface area contributed by atoms with E-state index in [2.05, 4.69) is 35.0 Å². The molecule has 1 aromatic heterocycles.